The molecule has 3 rings (SSSR count). The van der Waals surface area contributed by atoms with Crippen LogP contribution in [0.3, 0.4) is 0 Å². The summed E-state index contributed by atoms with van der Waals surface area (Å²) in [6.07, 6.45) is 1.49. The Kier molecular flexibility index (Phi) is 2.45. The van der Waals surface area contributed by atoms with Crippen LogP contribution in [0.2, 0.25) is 5.02 Å². The normalized spacial score (nSPS) is 10.7. The molecule has 0 saturated carbocycles. The number of anilines is 1. The summed E-state index contributed by atoms with van der Waals surface area (Å²) in [6.45, 7) is 0. The van der Waals surface area contributed by atoms with Gasteiger partial charge in [-0.05, 0) is 12.1 Å². The molecule has 7 nitrogen and oxygen atoms in total. The molecule has 1 aromatic carbocycles. The Morgan fingerprint density at radius 1 is 1.33 bits per heavy atom. The van der Waals surface area contributed by atoms with E-state index in [4.69, 9.17) is 21.9 Å². The number of rotatable bonds is 2. The summed E-state index contributed by atoms with van der Waals surface area (Å²) in [4.78, 5) is 4.18. The fourth-order valence-electron chi connectivity index (χ4n) is 1.50. The van der Waals surface area contributed by atoms with Gasteiger partial charge in [0.05, 0.1) is 16.8 Å². The molecule has 8 heteroatoms. The summed E-state index contributed by atoms with van der Waals surface area (Å²) in [6, 6.07) is 5.16. The molecule has 0 unspecified atom stereocenters. The maximum Gasteiger partial charge on any atom is 0.261 e. The highest BCUT2D eigenvalue weighted by atomic mass is 35.5. The second-order valence-electron chi connectivity index (χ2n) is 3.48. The zero-order valence-electron chi connectivity index (χ0n) is 8.96. The van der Waals surface area contributed by atoms with Crippen molar-refractivity contribution in [1.29, 1.82) is 0 Å². The highest BCUT2D eigenvalue weighted by Gasteiger charge is 2.16. The van der Waals surface area contributed by atoms with E-state index in [1.165, 1.54) is 6.20 Å². The predicted molar refractivity (Wildman–Crippen MR) is 64.5 cm³/mol. The van der Waals surface area contributed by atoms with Crippen molar-refractivity contribution in [3.8, 4) is 23.0 Å². The van der Waals surface area contributed by atoms with Crippen molar-refractivity contribution in [2.45, 2.75) is 0 Å². The molecule has 0 spiro atoms. The fourth-order valence-corrected chi connectivity index (χ4v) is 1.77. The van der Waals surface area contributed by atoms with Gasteiger partial charge in [-0.3, -0.25) is 0 Å². The Hall–Kier alpha value is -2.41. The summed E-state index contributed by atoms with van der Waals surface area (Å²) < 4.78 is 5.13. The molecular weight excluding hydrogens is 256 g/mol. The zero-order valence-corrected chi connectivity index (χ0v) is 9.72. The third-order valence-electron chi connectivity index (χ3n) is 2.33. The number of aromatic nitrogens is 5. The maximum absolute atomic E-state index is 6.06. The first-order chi connectivity index (χ1) is 8.75. The molecule has 18 heavy (non-hydrogen) atoms. The van der Waals surface area contributed by atoms with Gasteiger partial charge >= 0.3 is 0 Å². The van der Waals surface area contributed by atoms with E-state index in [9.17, 15) is 0 Å². The first kappa shape index (κ1) is 10.7. The maximum atomic E-state index is 6.06. The van der Waals surface area contributed by atoms with Crippen LogP contribution in [0.25, 0.3) is 23.0 Å². The average molecular weight is 263 g/mol. The Morgan fingerprint density at radius 3 is 2.94 bits per heavy atom. The van der Waals surface area contributed by atoms with E-state index in [0.29, 0.717) is 27.8 Å². The molecule has 2 heterocycles. The highest BCUT2D eigenvalue weighted by molar-refractivity contribution is 6.33. The van der Waals surface area contributed by atoms with E-state index in [2.05, 4.69) is 25.6 Å². The molecule has 0 amide bonds. The second kappa shape index (κ2) is 4.11. The van der Waals surface area contributed by atoms with Crippen LogP contribution in [-0.2, 0) is 0 Å². The number of aromatic amines is 1. The van der Waals surface area contributed by atoms with Gasteiger partial charge < -0.3 is 10.3 Å². The van der Waals surface area contributed by atoms with Gasteiger partial charge in [0.1, 0.15) is 0 Å². The molecule has 0 fully saturated rings. The summed E-state index contributed by atoms with van der Waals surface area (Å²) in [5.41, 5.74) is 7.30. The first-order valence-electron chi connectivity index (χ1n) is 5.00. The van der Waals surface area contributed by atoms with Gasteiger partial charge in [-0.15, -0.1) is 0 Å². The predicted octanol–water partition coefficient (Wildman–Crippen LogP) is 1.76. The lowest BCUT2D eigenvalue weighted by Gasteiger charge is -2.01. The lowest BCUT2D eigenvalue weighted by Crippen LogP contribution is -1.91. The van der Waals surface area contributed by atoms with Crippen LogP contribution in [0.1, 0.15) is 0 Å². The third kappa shape index (κ3) is 1.70. The van der Waals surface area contributed by atoms with Gasteiger partial charge in [0.2, 0.25) is 5.82 Å². The molecule has 0 bridgehead atoms. The molecule has 90 valence electrons. The lowest BCUT2D eigenvalue weighted by atomic mass is 10.2. The van der Waals surface area contributed by atoms with E-state index in [-0.39, 0.29) is 5.89 Å². The minimum atomic E-state index is 0.246. The van der Waals surface area contributed by atoms with Gasteiger partial charge in [0, 0.05) is 5.69 Å². The summed E-state index contributed by atoms with van der Waals surface area (Å²) in [5, 5.41) is 14.2. The number of halogens is 1. The Bertz CT molecular complexity index is 657. The van der Waals surface area contributed by atoms with Crippen LogP contribution in [-0.4, -0.2) is 25.6 Å². The average Bonchev–Trinajstić information content (AvgIpc) is 2.99. The van der Waals surface area contributed by atoms with Crippen LogP contribution < -0.4 is 5.73 Å². The smallest absolute Gasteiger partial charge is 0.261 e. The van der Waals surface area contributed by atoms with Gasteiger partial charge in [0.25, 0.3) is 5.89 Å². The minimum absolute atomic E-state index is 0.246. The number of hydrogen-bond acceptors (Lipinski definition) is 6. The standard InChI is InChI=1S/C10H7ClN6O/c11-5-2-1-3-6(12)8(5)10-14-9(16-18-10)7-4-13-17-15-7/h1-4H,12H2,(H,13,15,17). The van der Waals surface area contributed by atoms with E-state index >= 15 is 0 Å². The molecule has 0 aliphatic heterocycles. The van der Waals surface area contributed by atoms with E-state index < -0.39 is 0 Å². The molecule has 3 N–H and O–H groups in total. The first-order valence-corrected chi connectivity index (χ1v) is 5.37. The van der Waals surface area contributed by atoms with Gasteiger partial charge in [-0.1, -0.05) is 22.8 Å². The Morgan fingerprint density at radius 2 is 2.22 bits per heavy atom. The summed E-state index contributed by atoms with van der Waals surface area (Å²) in [5.74, 6) is 0.564. The number of hydrogen-bond donors (Lipinski definition) is 2. The van der Waals surface area contributed by atoms with Crippen molar-refractivity contribution >= 4 is 17.3 Å². The molecule has 0 saturated heterocycles. The van der Waals surface area contributed by atoms with Gasteiger partial charge in [-0.25, -0.2) is 0 Å². The van der Waals surface area contributed by atoms with Crippen molar-refractivity contribution in [2.24, 2.45) is 0 Å². The van der Waals surface area contributed by atoms with Crippen LogP contribution in [0.5, 0.6) is 0 Å². The molecular formula is C10H7ClN6O. The number of nitrogens with zero attached hydrogens (tertiary/aromatic N) is 4. The van der Waals surface area contributed by atoms with Crippen molar-refractivity contribution < 1.29 is 4.52 Å². The molecule has 0 radical (unpaired) electrons. The van der Waals surface area contributed by atoms with Crippen molar-refractivity contribution in [1.82, 2.24) is 25.6 Å². The van der Waals surface area contributed by atoms with E-state index in [1.54, 1.807) is 18.2 Å². The van der Waals surface area contributed by atoms with Crippen LogP contribution in [0, 0.1) is 0 Å². The number of nitrogens with one attached hydrogen (secondary N) is 1. The molecule has 0 aliphatic carbocycles. The quantitative estimate of drug-likeness (QED) is 0.682. The number of nitrogen functional groups attached to an aromatic ring is 1. The topological polar surface area (TPSA) is 107 Å². The molecule has 0 atom stereocenters. The third-order valence-corrected chi connectivity index (χ3v) is 2.64. The monoisotopic (exact) mass is 262 g/mol. The number of H-pyrrole nitrogens is 1. The zero-order chi connectivity index (χ0) is 12.5. The molecule has 3 aromatic rings. The van der Waals surface area contributed by atoms with Crippen LogP contribution in [0.15, 0.2) is 28.9 Å². The van der Waals surface area contributed by atoms with Gasteiger partial charge in [0.15, 0.2) is 5.69 Å². The summed E-state index contributed by atoms with van der Waals surface area (Å²) in [7, 11) is 0. The van der Waals surface area contributed by atoms with Crippen molar-refractivity contribution in [3.05, 3.63) is 29.4 Å². The van der Waals surface area contributed by atoms with Gasteiger partial charge in [-0.2, -0.15) is 20.4 Å². The molecule has 0 aliphatic rings. The van der Waals surface area contributed by atoms with E-state index in [1.807, 2.05) is 0 Å². The lowest BCUT2D eigenvalue weighted by molar-refractivity contribution is 0.432. The number of nitrogens with two attached hydrogens (primary N) is 1. The van der Waals surface area contributed by atoms with Crippen molar-refractivity contribution in [3.63, 3.8) is 0 Å². The number of benzene rings is 1. The Balaban J connectivity index is 2.09. The SMILES string of the molecule is Nc1cccc(Cl)c1-c1nc(-c2cn[nH]n2)no1. The second-order valence-corrected chi connectivity index (χ2v) is 3.89. The largest absolute Gasteiger partial charge is 0.398 e. The Labute approximate surface area is 106 Å². The van der Waals surface area contributed by atoms with Crippen LogP contribution in [0.4, 0.5) is 5.69 Å². The fraction of sp³-hybridized carbons (Fsp3) is 0. The molecule has 2 aromatic heterocycles. The van der Waals surface area contributed by atoms with Crippen LogP contribution >= 0.6 is 11.6 Å². The van der Waals surface area contributed by atoms with Crippen molar-refractivity contribution in [2.75, 3.05) is 5.73 Å². The van der Waals surface area contributed by atoms with E-state index in [0.717, 1.165) is 0 Å². The minimum Gasteiger partial charge on any atom is -0.398 e. The summed E-state index contributed by atoms with van der Waals surface area (Å²) >= 11 is 6.06. The highest BCUT2D eigenvalue weighted by Crippen LogP contribution is 2.32.